The first kappa shape index (κ1) is 31.5. The lowest BCUT2D eigenvalue weighted by Gasteiger charge is -2.36. The van der Waals surface area contributed by atoms with Crippen LogP contribution in [0.1, 0.15) is 103 Å². The van der Waals surface area contributed by atoms with Gasteiger partial charge in [-0.3, -0.25) is 9.59 Å². The van der Waals surface area contributed by atoms with Gasteiger partial charge in [0.05, 0.1) is 0 Å². The first-order chi connectivity index (χ1) is 16.8. The summed E-state index contributed by atoms with van der Waals surface area (Å²) in [5, 5.41) is 5.83. The minimum absolute atomic E-state index is 0.193. The maximum absolute atomic E-state index is 14.1. The van der Waals surface area contributed by atoms with Gasteiger partial charge in [-0.2, -0.15) is 0 Å². The zero-order valence-corrected chi connectivity index (χ0v) is 24.0. The van der Waals surface area contributed by atoms with Crippen molar-refractivity contribution in [1.29, 1.82) is 0 Å². The van der Waals surface area contributed by atoms with Crippen LogP contribution < -0.4 is 10.6 Å². The number of carbonyl (C=O) groups is 3. The SMILES string of the molecule is CCCCCN(C(=O)C(NC(=O)OC(C)(C)C)C(C)C)C(C(=O)NCCCC)c1ccc(C)cc1C. The Morgan fingerprint density at radius 1 is 1.00 bits per heavy atom. The molecule has 2 unspecified atom stereocenters. The Bertz CT molecular complexity index is 861. The number of aryl methyl sites for hydroxylation is 2. The number of ether oxygens (including phenoxy) is 1. The van der Waals surface area contributed by atoms with Crippen LogP contribution >= 0.6 is 0 Å². The molecule has 0 saturated heterocycles. The van der Waals surface area contributed by atoms with E-state index in [1.54, 1.807) is 25.7 Å². The number of hydrogen-bond acceptors (Lipinski definition) is 4. The molecule has 204 valence electrons. The van der Waals surface area contributed by atoms with E-state index >= 15 is 0 Å². The standard InChI is InChI=1S/C29H49N3O4/c1-10-12-14-18-32(27(34)24(20(3)4)31-28(35)36-29(7,8)9)25(26(33)30-17-13-11-2)23-16-15-21(5)19-22(23)6/h15-16,19-20,24-25H,10-14,17-18H2,1-9H3,(H,30,33)(H,31,35). The lowest BCUT2D eigenvalue weighted by atomic mass is 9.94. The van der Waals surface area contributed by atoms with Crippen LogP contribution in [0.4, 0.5) is 4.79 Å². The number of benzene rings is 1. The molecule has 1 aromatic carbocycles. The van der Waals surface area contributed by atoms with E-state index in [0.717, 1.165) is 48.8 Å². The van der Waals surface area contributed by atoms with Crippen LogP contribution in [0.5, 0.6) is 0 Å². The van der Waals surface area contributed by atoms with Crippen LogP contribution in [0, 0.1) is 19.8 Å². The maximum Gasteiger partial charge on any atom is 0.408 e. The molecular weight excluding hydrogens is 454 g/mol. The van der Waals surface area contributed by atoms with Crippen LogP contribution in [0.25, 0.3) is 0 Å². The number of carbonyl (C=O) groups excluding carboxylic acids is 3. The van der Waals surface area contributed by atoms with Gasteiger partial charge in [-0.15, -0.1) is 0 Å². The van der Waals surface area contributed by atoms with Crippen LogP contribution in [0.2, 0.25) is 0 Å². The van der Waals surface area contributed by atoms with E-state index < -0.39 is 23.8 Å². The molecule has 2 atom stereocenters. The highest BCUT2D eigenvalue weighted by molar-refractivity contribution is 5.92. The summed E-state index contributed by atoms with van der Waals surface area (Å²) in [4.78, 5) is 42.0. The summed E-state index contributed by atoms with van der Waals surface area (Å²) in [5.41, 5.74) is 2.17. The number of nitrogens with zero attached hydrogens (tertiary/aromatic N) is 1. The van der Waals surface area contributed by atoms with Gasteiger partial charge in [0.2, 0.25) is 11.8 Å². The monoisotopic (exact) mass is 503 g/mol. The summed E-state index contributed by atoms with van der Waals surface area (Å²) in [6, 6.07) is 4.35. The molecule has 0 spiro atoms. The number of unbranched alkanes of at least 4 members (excludes halogenated alkanes) is 3. The number of nitrogens with one attached hydrogen (secondary N) is 2. The van der Waals surface area contributed by atoms with Gasteiger partial charge >= 0.3 is 6.09 Å². The molecule has 7 heteroatoms. The van der Waals surface area contributed by atoms with Gasteiger partial charge in [-0.1, -0.05) is 70.7 Å². The molecule has 0 aromatic heterocycles. The molecule has 0 aliphatic carbocycles. The van der Waals surface area contributed by atoms with E-state index in [9.17, 15) is 14.4 Å². The second-order valence-electron chi connectivity index (χ2n) is 11.0. The molecule has 7 nitrogen and oxygen atoms in total. The summed E-state index contributed by atoms with van der Waals surface area (Å²) >= 11 is 0. The number of alkyl carbamates (subject to hydrolysis) is 1. The Hall–Kier alpha value is -2.57. The molecule has 0 bridgehead atoms. The van der Waals surface area contributed by atoms with Crippen LogP contribution in [-0.4, -0.2) is 47.5 Å². The van der Waals surface area contributed by atoms with Gasteiger partial charge in [0, 0.05) is 13.1 Å². The maximum atomic E-state index is 14.1. The van der Waals surface area contributed by atoms with Crippen LogP contribution in [-0.2, 0) is 14.3 Å². The average molecular weight is 504 g/mol. The summed E-state index contributed by atoms with van der Waals surface area (Å²) in [5.74, 6) is -0.663. The van der Waals surface area contributed by atoms with Gasteiger partial charge in [0.25, 0.3) is 0 Å². The molecule has 0 aliphatic rings. The van der Waals surface area contributed by atoms with Crippen molar-refractivity contribution in [2.24, 2.45) is 5.92 Å². The van der Waals surface area contributed by atoms with Crippen LogP contribution in [0.15, 0.2) is 18.2 Å². The molecule has 0 heterocycles. The second kappa shape index (κ2) is 14.9. The van der Waals surface area contributed by atoms with Crippen molar-refractivity contribution in [3.63, 3.8) is 0 Å². The lowest BCUT2D eigenvalue weighted by Crippen LogP contribution is -2.55. The molecule has 2 N–H and O–H groups in total. The summed E-state index contributed by atoms with van der Waals surface area (Å²) in [7, 11) is 0. The Balaban J connectivity index is 3.48. The van der Waals surface area contributed by atoms with E-state index in [0.29, 0.717) is 13.1 Å². The summed E-state index contributed by atoms with van der Waals surface area (Å²) in [6.07, 6.45) is 3.88. The molecule has 1 aromatic rings. The molecular formula is C29H49N3O4. The molecule has 0 fully saturated rings. The van der Waals surface area contributed by atoms with Gasteiger partial charge in [-0.25, -0.2) is 4.79 Å². The fourth-order valence-corrected chi connectivity index (χ4v) is 4.09. The number of rotatable bonds is 13. The molecule has 0 radical (unpaired) electrons. The average Bonchev–Trinajstić information content (AvgIpc) is 2.76. The van der Waals surface area contributed by atoms with Gasteiger partial charge < -0.3 is 20.3 Å². The van der Waals surface area contributed by atoms with E-state index in [4.69, 9.17) is 4.74 Å². The van der Waals surface area contributed by atoms with Crippen molar-refractivity contribution >= 4 is 17.9 Å². The first-order valence-electron chi connectivity index (χ1n) is 13.5. The Labute approximate surface area is 218 Å². The summed E-state index contributed by atoms with van der Waals surface area (Å²) in [6.45, 7) is 18.3. The van der Waals surface area contributed by atoms with Crippen molar-refractivity contribution < 1.29 is 19.1 Å². The zero-order valence-electron chi connectivity index (χ0n) is 24.0. The quantitative estimate of drug-likeness (QED) is 0.332. The minimum atomic E-state index is -0.821. The van der Waals surface area contributed by atoms with Crippen molar-refractivity contribution in [3.8, 4) is 0 Å². The topological polar surface area (TPSA) is 87.7 Å². The normalized spacial score (nSPS) is 13.2. The number of hydrogen-bond donors (Lipinski definition) is 2. The Morgan fingerprint density at radius 3 is 2.17 bits per heavy atom. The van der Waals surface area contributed by atoms with Gasteiger partial charge in [0.1, 0.15) is 17.7 Å². The van der Waals surface area contributed by atoms with Gasteiger partial charge in [0.15, 0.2) is 0 Å². The van der Waals surface area contributed by atoms with Crippen molar-refractivity contribution in [2.75, 3.05) is 13.1 Å². The molecule has 36 heavy (non-hydrogen) atoms. The Kier molecular flexibility index (Phi) is 13.0. The minimum Gasteiger partial charge on any atom is -0.444 e. The van der Waals surface area contributed by atoms with E-state index in [2.05, 4.69) is 24.5 Å². The van der Waals surface area contributed by atoms with E-state index in [1.807, 2.05) is 45.9 Å². The molecule has 0 saturated carbocycles. The predicted molar refractivity (Wildman–Crippen MR) is 146 cm³/mol. The third-order valence-electron chi connectivity index (χ3n) is 6.00. The predicted octanol–water partition coefficient (Wildman–Crippen LogP) is 5.83. The third-order valence-corrected chi connectivity index (χ3v) is 6.00. The first-order valence-corrected chi connectivity index (χ1v) is 13.5. The molecule has 1 rings (SSSR count). The lowest BCUT2D eigenvalue weighted by molar-refractivity contribution is -0.143. The highest BCUT2D eigenvalue weighted by Crippen LogP contribution is 2.28. The van der Waals surface area contributed by atoms with Gasteiger partial charge in [-0.05, 0) is 64.5 Å². The smallest absolute Gasteiger partial charge is 0.408 e. The van der Waals surface area contributed by atoms with Crippen LogP contribution in [0.3, 0.4) is 0 Å². The highest BCUT2D eigenvalue weighted by atomic mass is 16.6. The van der Waals surface area contributed by atoms with Crippen molar-refractivity contribution in [2.45, 2.75) is 112 Å². The van der Waals surface area contributed by atoms with E-state index in [-0.39, 0.29) is 17.7 Å². The summed E-state index contributed by atoms with van der Waals surface area (Å²) < 4.78 is 5.44. The fourth-order valence-electron chi connectivity index (χ4n) is 4.09. The zero-order chi connectivity index (χ0) is 27.5. The largest absolute Gasteiger partial charge is 0.444 e. The molecule has 0 aliphatic heterocycles. The fraction of sp³-hybridized carbons (Fsp3) is 0.690. The van der Waals surface area contributed by atoms with Crippen molar-refractivity contribution in [3.05, 3.63) is 34.9 Å². The second-order valence-corrected chi connectivity index (χ2v) is 11.0. The van der Waals surface area contributed by atoms with Crippen molar-refractivity contribution in [1.82, 2.24) is 15.5 Å². The highest BCUT2D eigenvalue weighted by Gasteiger charge is 2.37. The number of amides is 3. The Morgan fingerprint density at radius 2 is 1.64 bits per heavy atom. The molecule has 3 amide bonds. The third kappa shape index (κ3) is 10.2. The van der Waals surface area contributed by atoms with E-state index in [1.165, 1.54) is 0 Å².